The maximum absolute atomic E-state index is 12.3. The normalized spacial score (nSPS) is 17.1. The number of amides is 1. The summed E-state index contributed by atoms with van der Waals surface area (Å²) in [6.45, 7) is 8.08. The van der Waals surface area contributed by atoms with E-state index in [0.717, 1.165) is 32.4 Å². The maximum atomic E-state index is 12.3. The van der Waals surface area contributed by atoms with Crippen LogP contribution in [0.25, 0.3) is 10.4 Å². The Labute approximate surface area is 206 Å². The van der Waals surface area contributed by atoms with Crippen LogP contribution in [0.15, 0.2) is 30.3 Å². The molecule has 0 aliphatic carbocycles. The smallest absolute Gasteiger partial charge is 0.305 e. The van der Waals surface area contributed by atoms with Crippen LogP contribution in [0.1, 0.15) is 79.6 Å². The molecule has 2 unspecified atom stereocenters. The van der Waals surface area contributed by atoms with E-state index in [-0.39, 0.29) is 36.7 Å². The van der Waals surface area contributed by atoms with Gasteiger partial charge in [-0.05, 0) is 80.1 Å². The lowest BCUT2D eigenvalue weighted by molar-refractivity contribution is -0.136. The van der Waals surface area contributed by atoms with Gasteiger partial charge in [0, 0.05) is 21.9 Å². The Morgan fingerprint density at radius 2 is 1.85 bits per heavy atom. The zero-order valence-electron chi connectivity index (χ0n) is 19.6. The third-order valence-electron chi connectivity index (χ3n) is 6.11. The summed E-state index contributed by atoms with van der Waals surface area (Å²) in [7, 11) is 0. The Morgan fingerprint density at radius 3 is 2.53 bits per heavy atom. The number of hydrogen-bond donors (Lipinski definition) is 2. The van der Waals surface area contributed by atoms with E-state index in [9.17, 15) is 14.4 Å². The molecule has 2 N–H and O–H groups in total. The highest BCUT2D eigenvalue weighted by molar-refractivity contribution is 7.17. The van der Waals surface area contributed by atoms with Crippen LogP contribution in [0.5, 0.6) is 5.75 Å². The molecule has 178 valence electrons. The molecule has 3 aromatic rings. The summed E-state index contributed by atoms with van der Waals surface area (Å²) in [6, 6.07) is 9.68. The van der Waals surface area contributed by atoms with Crippen molar-refractivity contribution in [3.8, 4) is 16.2 Å². The first kappa shape index (κ1) is 24.2. The van der Waals surface area contributed by atoms with Gasteiger partial charge in [-0.15, -0.1) is 22.7 Å². The van der Waals surface area contributed by atoms with Crippen molar-refractivity contribution in [2.75, 3.05) is 6.54 Å². The molecular formula is C26H27NO5S2. The highest BCUT2D eigenvalue weighted by Crippen LogP contribution is 2.48. The summed E-state index contributed by atoms with van der Waals surface area (Å²) < 4.78 is 6.44. The van der Waals surface area contributed by atoms with Gasteiger partial charge in [0.05, 0.1) is 16.2 Å². The number of rotatable bonds is 7. The first-order valence-electron chi connectivity index (χ1n) is 11.2. The van der Waals surface area contributed by atoms with Crippen LogP contribution < -0.4 is 10.1 Å². The lowest BCUT2D eigenvalue weighted by atomic mass is 9.84. The largest absolute Gasteiger partial charge is 0.485 e. The van der Waals surface area contributed by atoms with Gasteiger partial charge in [-0.25, -0.2) is 0 Å². The number of fused-ring (bicyclic) bond motifs is 1. The number of carbonyl (C=O) groups excluding carboxylic acids is 2. The van der Waals surface area contributed by atoms with Gasteiger partial charge in [0.15, 0.2) is 5.78 Å². The summed E-state index contributed by atoms with van der Waals surface area (Å²) in [5.41, 5.74) is 4.65. The zero-order valence-corrected chi connectivity index (χ0v) is 21.2. The third-order valence-corrected chi connectivity index (χ3v) is 8.49. The summed E-state index contributed by atoms with van der Waals surface area (Å²) in [4.78, 5) is 38.1. The Kier molecular flexibility index (Phi) is 6.91. The molecule has 0 saturated carbocycles. The van der Waals surface area contributed by atoms with Gasteiger partial charge >= 0.3 is 5.97 Å². The second kappa shape index (κ2) is 9.72. The maximum Gasteiger partial charge on any atom is 0.305 e. The predicted octanol–water partition coefficient (Wildman–Crippen LogP) is 6.13. The van der Waals surface area contributed by atoms with Gasteiger partial charge in [0.1, 0.15) is 11.9 Å². The van der Waals surface area contributed by atoms with E-state index in [4.69, 9.17) is 9.84 Å². The highest BCUT2D eigenvalue weighted by Gasteiger charge is 2.31. The van der Waals surface area contributed by atoms with Crippen LogP contribution in [-0.4, -0.2) is 29.3 Å². The molecule has 6 nitrogen and oxygen atoms in total. The van der Waals surface area contributed by atoms with Crippen molar-refractivity contribution in [1.29, 1.82) is 0 Å². The molecule has 0 fully saturated rings. The number of nitrogens with one attached hydrogen (secondary N) is 1. The number of aryl methyl sites for hydroxylation is 1. The van der Waals surface area contributed by atoms with E-state index >= 15 is 0 Å². The molecule has 0 radical (unpaired) electrons. The molecule has 3 heterocycles. The van der Waals surface area contributed by atoms with Crippen LogP contribution in [0, 0.1) is 13.8 Å². The van der Waals surface area contributed by atoms with E-state index in [1.807, 2.05) is 18.2 Å². The number of aliphatic carboxylic acids is 1. The van der Waals surface area contributed by atoms with Crippen LogP contribution >= 0.6 is 22.7 Å². The molecule has 0 spiro atoms. The molecular weight excluding hydrogens is 470 g/mol. The van der Waals surface area contributed by atoms with Crippen molar-refractivity contribution in [3.05, 3.63) is 61.7 Å². The summed E-state index contributed by atoms with van der Waals surface area (Å²) in [5, 5.41) is 11.4. The van der Waals surface area contributed by atoms with Crippen molar-refractivity contribution in [2.24, 2.45) is 0 Å². The SMILES string of the molecule is CC(=O)c1ccc(-c2c(C)cc3c(c2C)C(C)CC(c2ccc(C(=O)NCCC(=O)O)s2)O3)s1. The molecule has 34 heavy (non-hydrogen) atoms. The quantitative estimate of drug-likeness (QED) is 0.383. The fourth-order valence-electron chi connectivity index (χ4n) is 4.54. The molecule has 8 heteroatoms. The van der Waals surface area contributed by atoms with Gasteiger partial charge in [0.2, 0.25) is 0 Å². The number of carboxylic acid groups (broad SMARTS) is 1. The fraction of sp³-hybridized carbons (Fsp3) is 0.346. The Hall–Kier alpha value is -2.97. The minimum absolute atomic E-state index is 0.0787. The summed E-state index contributed by atoms with van der Waals surface area (Å²) in [6.07, 6.45) is 0.538. The molecule has 0 saturated heterocycles. The molecule has 1 amide bonds. The fourth-order valence-corrected chi connectivity index (χ4v) is 6.58. The van der Waals surface area contributed by atoms with E-state index in [2.05, 4.69) is 32.2 Å². The number of thiophene rings is 2. The van der Waals surface area contributed by atoms with E-state index in [0.29, 0.717) is 4.88 Å². The summed E-state index contributed by atoms with van der Waals surface area (Å²) >= 11 is 2.91. The Bertz CT molecular complexity index is 1270. The Morgan fingerprint density at radius 1 is 1.12 bits per heavy atom. The number of carboxylic acids is 1. The molecule has 4 rings (SSSR count). The highest BCUT2D eigenvalue weighted by atomic mass is 32.1. The van der Waals surface area contributed by atoms with Crippen LogP contribution in [0.2, 0.25) is 0 Å². The number of hydrogen-bond acceptors (Lipinski definition) is 6. The van der Waals surface area contributed by atoms with Crippen molar-refractivity contribution in [3.63, 3.8) is 0 Å². The Balaban J connectivity index is 1.57. The standard InChI is InChI=1S/C26H27NO5S2/c1-13-11-17(20-6-8-22(34-20)26(31)27-10-9-23(29)30)32-18-12-14(2)25(15(3)24(13)18)21-7-5-19(33-21)16(4)28/h5-8,12-13,17H,9-11H2,1-4H3,(H,27,31)(H,29,30). The third kappa shape index (κ3) is 4.79. The number of Topliss-reactive ketones (excluding diaryl/α,β-unsaturated/α-hetero) is 1. The lowest BCUT2D eigenvalue weighted by Crippen LogP contribution is -2.25. The number of ether oxygens (including phenoxy) is 1. The monoisotopic (exact) mass is 497 g/mol. The van der Waals surface area contributed by atoms with Crippen molar-refractivity contribution in [1.82, 2.24) is 5.32 Å². The lowest BCUT2D eigenvalue weighted by Gasteiger charge is -2.32. The predicted molar refractivity (Wildman–Crippen MR) is 135 cm³/mol. The topological polar surface area (TPSA) is 92.7 Å². The van der Waals surface area contributed by atoms with Crippen LogP contribution in [0.3, 0.4) is 0 Å². The van der Waals surface area contributed by atoms with Gasteiger partial charge in [-0.2, -0.15) is 0 Å². The van der Waals surface area contributed by atoms with Crippen molar-refractivity contribution >= 4 is 40.3 Å². The summed E-state index contributed by atoms with van der Waals surface area (Å²) in [5.74, 6) is -0.00144. The number of benzene rings is 1. The second-order valence-electron chi connectivity index (χ2n) is 8.67. The zero-order chi connectivity index (χ0) is 24.6. The minimum Gasteiger partial charge on any atom is -0.485 e. The van der Waals surface area contributed by atoms with Crippen LogP contribution in [0.4, 0.5) is 0 Å². The molecule has 1 aliphatic heterocycles. The van der Waals surface area contributed by atoms with E-state index < -0.39 is 5.97 Å². The van der Waals surface area contributed by atoms with Crippen molar-refractivity contribution in [2.45, 2.75) is 52.6 Å². The molecule has 1 aromatic carbocycles. The first-order valence-corrected chi connectivity index (χ1v) is 12.8. The van der Waals surface area contributed by atoms with Gasteiger partial charge in [-0.1, -0.05) is 6.92 Å². The van der Waals surface area contributed by atoms with E-state index in [1.54, 1.807) is 13.0 Å². The number of ketones is 1. The minimum atomic E-state index is -0.942. The molecule has 2 aromatic heterocycles. The van der Waals surface area contributed by atoms with Gasteiger partial charge in [0.25, 0.3) is 5.91 Å². The average Bonchev–Trinajstić information content (AvgIpc) is 3.43. The van der Waals surface area contributed by atoms with Crippen LogP contribution in [-0.2, 0) is 4.79 Å². The first-order chi connectivity index (χ1) is 16.2. The average molecular weight is 498 g/mol. The molecule has 0 bridgehead atoms. The second-order valence-corrected chi connectivity index (χ2v) is 10.9. The van der Waals surface area contributed by atoms with Gasteiger partial charge < -0.3 is 15.2 Å². The van der Waals surface area contributed by atoms with Crippen molar-refractivity contribution < 1.29 is 24.2 Å². The molecule has 2 atom stereocenters. The van der Waals surface area contributed by atoms with Gasteiger partial charge in [-0.3, -0.25) is 14.4 Å². The molecule has 1 aliphatic rings. The van der Waals surface area contributed by atoms with E-state index in [1.165, 1.54) is 39.4 Å². The number of carbonyl (C=O) groups is 3.